The fourth-order valence-corrected chi connectivity index (χ4v) is 1.76. The molecule has 7 heteroatoms. The summed E-state index contributed by atoms with van der Waals surface area (Å²) in [4.78, 5) is 28.3. The van der Waals surface area contributed by atoms with Gasteiger partial charge in [0.05, 0.1) is 31.4 Å². The Labute approximate surface area is 103 Å². The number of hydrogen-bond donors (Lipinski definition) is 1. The molecule has 2 rings (SSSR count). The number of carbonyl (C=O) groups is 2. The normalized spacial score (nSPS) is 19.4. The molecule has 18 heavy (non-hydrogen) atoms. The Hall–Kier alpha value is -1.89. The highest BCUT2D eigenvalue weighted by atomic mass is 16.5. The van der Waals surface area contributed by atoms with Crippen LogP contribution in [0.15, 0.2) is 4.42 Å². The van der Waals surface area contributed by atoms with Crippen molar-refractivity contribution in [1.82, 2.24) is 4.98 Å². The van der Waals surface area contributed by atoms with E-state index in [9.17, 15) is 14.7 Å². The number of aryl methyl sites for hydroxylation is 1. The number of hydrogen-bond acceptors (Lipinski definition) is 6. The van der Waals surface area contributed by atoms with Crippen molar-refractivity contribution in [3.05, 3.63) is 11.5 Å². The minimum absolute atomic E-state index is 0.0129. The highest BCUT2D eigenvalue weighted by molar-refractivity contribution is 5.95. The average molecular weight is 254 g/mol. The molecule has 1 aromatic heterocycles. The van der Waals surface area contributed by atoms with Gasteiger partial charge in [0.1, 0.15) is 0 Å². The first kappa shape index (κ1) is 12.6. The Bertz CT molecular complexity index is 482. The smallest absolute Gasteiger partial charge is 0.376 e. The maximum atomic E-state index is 11.6. The van der Waals surface area contributed by atoms with Crippen molar-refractivity contribution < 1.29 is 23.8 Å². The Morgan fingerprint density at radius 1 is 1.67 bits per heavy atom. The number of rotatable bonds is 3. The fourth-order valence-electron chi connectivity index (χ4n) is 1.76. The summed E-state index contributed by atoms with van der Waals surface area (Å²) in [5.74, 6) is -0.902. The summed E-state index contributed by atoms with van der Waals surface area (Å²) in [6, 6.07) is 0.0251. The van der Waals surface area contributed by atoms with Crippen molar-refractivity contribution in [1.29, 1.82) is 0 Å². The molecule has 0 aliphatic carbocycles. The van der Waals surface area contributed by atoms with Crippen LogP contribution < -0.4 is 4.90 Å². The van der Waals surface area contributed by atoms with E-state index in [0.29, 0.717) is 5.69 Å². The first-order valence-electron chi connectivity index (χ1n) is 5.66. The highest BCUT2D eigenvalue weighted by Gasteiger charge is 2.33. The van der Waals surface area contributed by atoms with Crippen LogP contribution in [0.4, 0.5) is 6.01 Å². The first-order valence-corrected chi connectivity index (χ1v) is 5.66. The van der Waals surface area contributed by atoms with Crippen LogP contribution in [0.5, 0.6) is 0 Å². The first-order chi connectivity index (χ1) is 8.52. The summed E-state index contributed by atoms with van der Waals surface area (Å²) in [7, 11) is 0. The van der Waals surface area contributed by atoms with Crippen molar-refractivity contribution in [2.45, 2.75) is 26.4 Å². The van der Waals surface area contributed by atoms with E-state index < -0.39 is 12.1 Å². The number of nitrogens with zero attached hydrogens (tertiary/aromatic N) is 2. The summed E-state index contributed by atoms with van der Waals surface area (Å²) in [6.07, 6.45) is -0.688. The molecule has 1 saturated heterocycles. The summed E-state index contributed by atoms with van der Waals surface area (Å²) in [5, 5.41) is 9.38. The Morgan fingerprint density at radius 2 is 2.39 bits per heavy atom. The lowest BCUT2D eigenvalue weighted by molar-refractivity contribution is -0.117. The molecule has 1 aliphatic rings. The minimum atomic E-state index is -0.726. The van der Waals surface area contributed by atoms with E-state index in [1.165, 1.54) is 4.90 Å². The van der Waals surface area contributed by atoms with E-state index in [4.69, 9.17) is 9.15 Å². The zero-order valence-electron chi connectivity index (χ0n) is 10.2. The number of ether oxygens (including phenoxy) is 1. The number of esters is 1. The maximum Gasteiger partial charge on any atom is 0.376 e. The van der Waals surface area contributed by atoms with Crippen molar-refractivity contribution in [2.24, 2.45) is 0 Å². The monoisotopic (exact) mass is 254 g/mol. The van der Waals surface area contributed by atoms with Crippen LogP contribution in [0.3, 0.4) is 0 Å². The molecular formula is C11H14N2O5. The van der Waals surface area contributed by atoms with Crippen molar-refractivity contribution in [2.75, 3.05) is 18.1 Å². The van der Waals surface area contributed by atoms with Gasteiger partial charge < -0.3 is 14.3 Å². The lowest BCUT2D eigenvalue weighted by Crippen LogP contribution is -2.25. The van der Waals surface area contributed by atoms with Gasteiger partial charge in [-0.3, -0.25) is 9.69 Å². The highest BCUT2D eigenvalue weighted by Crippen LogP contribution is 2.24. The molecular weight excluding hydrogens is 240 g/mol. The van der Waals surface area contributed by atoms with Crippen LogP contribution >= 0.6 is 0 Å². The predicted molar refractivity (Wildman–Crippen MR) is 60.2 cm³/mol. The summed E-state index contributed by atoms with van der Waals surface area (Å²) in [5.41, 5.74) is 0.359. The zero-order chi connectivity index (χ0) is 13.3. The molecule has 0 saturated carbocycles. The van der Waals surface area contributed by atoms with Crippen molar-refractivity contribution >= 4 is 17.9 Å². The molecule has 1 N–H and O–H groups in total. The molecule has 1 aromatic rings. The second-order valence-electron chi connectivity index (χ2n) is 3.99. The minimum Gasteiger partial charge on any atom is -0.460 e. The van der Waals surface area contributed by atoms with Crippen LogP contribution in [0.2, 0.25) is 0 Å². The van der Waals surface area contributed by atoms with Crippen LogP contribution in [0.1, 0.15) is 29.6 Å². The van der Waals surface area contributed by atoms with Crippen molar-refractivity contribution in [3.63, 3.8) is 0 Å². The van der Waals surface area contributed by atoms with E-state index in [0.717, 1.165) is 0 Å². The average Bonchev–Trinajstić information content (AvgIpc) is 2.82. The summed E-state index contributed by atoms with van der Waals surface area (Å²) in [6.45, 7) is 3.64. The second kappa shape index (κ2) is 4.77. The third-order valence-corrected chi connectivity index (χ3v) is 2.58. The van der Waals surface area contributed by atoms with Crippen molar-refractivity contribution in [3.8, 4) is 0 Å². The van der Waals surface area contributed by atoms with Gasteiger partial charge in [0.25, 0.3) is 0 Å². The third-order valence-electron chi connectivity index (χ3n) is 2.58. The standard InChI is InChI=1S/C11H14N2O5/c1-3-17-10(16)9-6(2)12-11(18-9)13-5-7(14)4-8(13)15/h7,14H,3-5H2,1-2H3. The van der Waals surface area contributed by atoms with Crippen LogP contribution in [0, 0.1) is 6.92 Å². The quantitative estimate of drug-likeness (QED) is 0.777. The van der Waals surface area contributed by atoms with Gasteiger partial charge in [-0.05, 0) is 13.8 Å². The number of aliphatic hydroxyl groups is 1. The van der Waals surface area contributed by atoms with E-state index in [-0.39, 0.29) is 37.3 Å². The number of oxazole rings is 1. The Kier molecular flexibility index (Phi) is 3.33. The van der Waals surface area contributed by atoms with Crippen LogP contribution in [-0.2, 0) is 9.53 Å². The van der Waals surface area contributed by atoms with Crippen LogP contribution in [-0.4, -0.2) is 41.2 Å². The SMILES string of the molecule is CCOC(=O)c1oc(N2CC(O)CC2=O)nc1C. The number of aliphatic hydroxyl groups excluding tert-OH is 1. The predicted octanol–water partition coefficient (Wildman–Crippen LogP) is 0.257. The molecule has 1 atom stereocenters. The number of carbonyl (C=O) groups excluding carboxylic acids is 2. The number of aromatic nitrogens is 1. The maximum absolute atomic E-state index is 11.6. The molecule has 7 nitrogen and oxygen atoms in total. The largest absolute Gasteiger partial charge is 0.460 e. The Balaban J connectivity index is 2.23. The third kappa shape index (κ3) is 2.21. The Morgan fingerprint density at radius 3 is 2.94 bits per heavy atom. The van der Waals surface area contributed by atoms with Gasteiger partial charge in [0, 0.05) is 0 Å². The zero-order valence-corrected chi connectivity index (χ0v) is 10.2. The molecule has 1 aliphatic heterocycles. The molecule has 1 unspecified atom stereocenters. The van der Waals surface area contributed by atoms with Gasteiger partial charge in [-0.25, -0.2) is 4.79 Å². The van der Waals surface area contributed by atoms with Gasteiger partial charge in [0.15, 0.2) is 0 Å². The number of anilines is 1. The van der Waals surface area contributed by atoms with Crippen LogP contribution in [0.25, 0.3) is 0 Å². The molecule has 2 heterocycles. The van der Waals surface area contributed by atoms with E-state index >= 15 is 0 Å². The molecule has 1 amide bonds. The second-order valence-corrected chi connectivity index (χ2v) is 3.99. The number of amides is 1. The number of β-amino-alcohol motifs (C(OH)–C–C–N with tert-alkyl or cyclic N) is 1. The summed E-state index contributed by atoms with van der Waals surface area (Å²) >= 11 is 0. The molecule has 0 radical (unpaired) electrons. The van der Waals surface area contributed by atoms with Gasteiger partial charge in [0.2, 0.25) is 11.7 Å². The van der Waals surface area contributed by atoms with Gasteiger partial charge >= 0.3 is 12.0 Å². The van der Waals surface area contributed by atoms with E-state index in [1.807, 2.05) is 0 Å². The molecule has 1 fully saturated rings. The van der Waals surface area contributed by atoms with Gasteiger partial charge in [-0.15, -0.1) is 0 Å². The van der Waals surface area contributed by atoms with E-state index in [1.54, 1.807) is 13.8 Å². The summed E-state index contributed by atoms with van der Waals surface area (Å²) < 4.78 is 10.0. The van der Waals surface area contributed by atoms with Gasteiger partial charge in [-0.2, -0.15) is 4.98 Å². The molecule has 0 bridgehead atoms. The lowest BCUT2D eigenvalue weighted by Gasteiger charge is -2.09. The lowest BCUT2D eigenvalue weighted by atomic mass is 10.3. The fraction of sp³-hybridized carbons (Fsp3) is 0.545. The molecule has 0 aromatic carbocycles. The van der Waals surface area contributed by atoms with Gasteiger partial charge in [-0.1, -0.05) is 0 Å². The van der Waals surface area contributed by atoms with E-state index in [2.05, 4.69) is 4.98 Å². The topological polar surface area (TPSA) is 92.9 Å². The molecule has 98 valence electrons. The molecule has 0 spiro atoms.